The minimum atomic E-state index is -0.318. The van der Waals surface area contributed by atoms with Gasteiger partial charge in [-0.05, 0) is 24.3 Å². The van der Waals surface area contributed by atoms with Crippen molar-refractivity contribution in [3.63, 3.8) is 0 Å². The lowest BCUT2D eigenvalue weighted by Crippen LogP contribution is -2.65. The van der Waals surface area contributed by atoms with Gasteiger partial charge in [0, 0.05) is 25.2 Å². The summed E-state index contributed by atoms with van der Waals surface area (Å²) in [6.07, 6.45) is 7.54. The molecule has 21 heavy (non-hydrogen) atoms. The number of hydrogen-bond acceptors (Lipinski definition) is 3. The van der Waals surface area contributed by atoms with Crippen LogP contribution in [0.1, 0.15) is 51.0 Å². The van der Waals surface area contributed by atoms with E-state index in [2.05, 4.69) is 25.0 Å². The second-order valence-corrected chi connectivity index (χ2v) is 6.75. The molecule has 5 nitrogen and oxygen atoms in total. The number of amides is 1. The zero-order chi connectivity index (χ0) is 15.0. The van der Waals surface area contributed by atoms with Gasteiger partial charge in [0.15, 0.2) is 0 Å². The van der Waals surface area contributed by atoms with Crippen LogP contribution in [0.3, 0.4) is 0 Å². The zero-order valence-electron chi connectivity index (χ0n) is 12.7. The monoisotopic (exact) mass is 286 g/mol. The number of hydrogen-bond donors (Lipinski definition) is 0. The van der Waals surface area contributed by atoms with Gasteiger partial charge in [-0.1, -0.05) is 20.3 Å². The Morgan fingerprint density at radius 3 is 2.71 bits per heavy atom. The first-order valence-corrected chi connectivity index (χ1v) is 7.76. The normalized spacial score (nSPS) is 20.8. The molecular weight excluding hydrogens is 264 g/mol. The fourth-order valence-corrected chi connectivity index (χ4v) is 3.11. The molecule has 2 fully saturated rings. The van der Waals surface area contributed by atoms with E-state index in [1.165, 1.54) is 12.0 Å². The molecule has 0 unspecified atom stereocenters. The van der Waals surface area contributed by atoms with Crippen LogP contribution in [-0.2, 0) is 10.3 Å². The first-order valence-electron chi connectivity index (χ1n) is 7.76. The number of nitriles is 1. The van der Waals surface area contributed by atoms with Gasteiger partial charge in [-0.2, -0.15) is 10.4 Å². The summed E-state index contributed by atoms with van der Waals surface area (Å²) in [4.78, 5) is 14.2. The lowest BCUT2D eigenvalue weighted by atomic mass is 9.80. The SMILES string of the molecule is CC(C)c1cnn(C2(CC#N)CN(C(=O)C3CCC3)C2)c1. The average molecular weight is 286 g/mol. The van der Waals surface area contributed by atoms with Gasteiger partial charge in [-0.15, -0.1) is 0 Å². The number of likely N-dealkylation sites (tertiary alicyclic amines) is 1. The van der Waals surface area contributed by atoms with Crippen molar-refractivity contribution in [1.82, 2.24) is 14.7 Å². The van der Waals surface area contributed by atoms with Gasteiger partial charge < -0.3 is 4.90 Å². The Bertz CT molecular complexity index is 573. The van der Waals surface area contributed by atoms with E-state index < -0.39 is 0 Å². The molecule has 1 saturated carbocycles. The van der Waals surface area contributed by atoms with E-state index in [1.54, 1.807) is 0 Å². The Kier molecular flexibility index (Phi) is 3.48. The van der Waals surface area contributed by atoms with Crippen LogP contribution >= 0.6 is 0 Å². The molecule has 112 valence electrons. The standard InChI is InChI=1S/C16H22N4O/c1-12(2)14-8-18-20(9-14)16(6-7-17)10-19(11-16)15(21)13-4-3-5-13/h8-9,12-13H,3-6,10-11H2,1-2H3. The Morgan fingerprint density at radius 1 is 1.52 bits per heavy atom. The molecule has 1 amide bonds. The molecule has 2 aliphatic rings. The van der Waals surface area contributed by atoms with Crippen LogP contribution in [0.5, 0.6) is 0 Å². The predicted octanol–water partition coefficient (Wildman–Crippen LogP) is 2.26. The van der Waals surface area contributed by atoms with Gasteiger partial charge >= 0.3 is 0 Å². The molecule has 1 aromatic rings. The first-order chi connectivity index (χ1) is 10.1. The van der Waals surface area contributed by atoms with Crippen LogP contribution < -0.4 is 0 Å². The number of rotatable bonds is 4. The fraction of sp³-hybridized carbons (Fsp3) is 0.688. The third-order valence-corrected chi connectivity index (χ3v) is 4.90. The van der Waals surface area contributed by atoms with Crippen LogP contribution in [0.25, 0.3) is 0 Å². The van der Waals surface area contributed by atoms with Crippen molar-refractivity contribution >= 4 is 5.91 Å². The van der Waals surface area contributed by atoms with E-state index in [4.69, 9.17) is 5.26 Å². The number of carbonyl (C=O) groups excluding carboxylic acids is 1. The molecule has 0 atom stereocenters. The van der Waals surface area contributed by atoms with Crippen molar-refractivity contribution in [2.24, 2.45) is 5.92 Å². The molecule has 0 bridgehead atoms. The summed E-state index contributed by atoms with van der Waals surface area (Å²) in [7, 11) is 0. The van der Waals surface area contributed by atoms with E-state index in [0.29, 0.717) is 25.4 Å². The Hall–Kier alpha value is -1.83. The maximum atomic E-state index is 12.3. The maximum absolute atomic E-state index is 12.3. The van der Waals surface area contributed by atoms with Crippen LogP contribution in [0.2, 0.25) is 0 Å². The number of carbonyl (C=O) groups is 1. The summed E-state index contributed by atoms with van der Waals surface area (Å²) in [6.45, 7) is 5.50. The first kappa shape index (κ1) is 14.1. The zero-order valence-corrected chi connectivity index (χ0v) is 12.7. The predicted molar refractivity (Wildman–Crippen MR) is 78.4 cm³/mol. The van der Waals surface area contributed by atoms with Crippen molar-refractivity contribution in [3.05, 3.63) is 18.0 Å². The van der Waals surface area contributed by atoms with E-state index in [-0.39, 0.29) is 17.4 Å². The van der Waals surface area contributed by atoms with Crippen LogP contribution in [0, 0.1) is 17.2 Å². The fourth-order valence-electron chi connectivity index (χ4n) is 3.11. The van der Waals surface area contributed by atoms with Gasteiger partial charge in [0.25, 0.3) is 0 Å². The van der Waals surface area contributed by atoms with Gasteiger partial charge in [0.2, 0.25) is 5.91 Å². The van der Waals surface area contributed by atoms with Crippen molar-refractivity contribution in [3.8, 4) is 6.07 Å². The number of nitrogens with zero attached hydrogens (tertiary/aromatic N) is 4. The topological polar surface area (TPSA) is 61.9 Å². The highest BCUT2D eigenvalue weighted by Gasteiger charge is 2.49. The molecular formula is C16H22N4O. The molecule has 3 rings (SSSR count). The summed E-state index contributed by atoms with van der Waals surface area (Å²) in [5.74, 6) is 0.922. The highest BCUT2D eigenvalue weighted by molar-refractivity contribution is 5.80. The second kappa shape index (κ2) is 5.18. The van der Waals surface area contributed by atoms with Crippen molar-refractivity contribution < 1.29 is 4.79 Å². The molecule has 0 N–H and O–H groups in total. The van der Waals surface area contributed by atoms with Gasteiger partial charge in [-0.3, -0.25) is 9.48 Å². The third-order valence-electron chi connectivity index (χ3n) is 4.90. The average Bonchev–Trinajstić information content (AvgIpc) is 2.80. The lowest BCUT2D eigenvalue weighted by molar-refractivity contribution is -0.149. The smallest absolute Gasteiger partial charge is 0.225 e. The molecule has 1 aliphatic heterocycles. The quantitative estimate of drug-likeness (QED) is 0.853. The van der Waals surface area contributed by atoms with Crippen molar-refractivity contribution in [2.45, 2.75) is 51.0 Å². The van der Waals surface area contributed by atoms with E-state index >= 15 is 0 Å². The summed E-state index contributed by atoms with van der Waals surface area (Å²) in [6, 6.07) is 2.27. The molecule has 1 saturated heterocycles. The Labute approximate surface area is 125 Å². The highest BCUT2D eigenvalue weighted by atomic mass is 16.2. The number of aromatic nitrogens is 2. The molecule has 2 heterocycles. The summed E-state index contributed by atoms with van der Waals surface area (Å²) >= 11 is 0. The van der Waals surface area contributed by atoms with Gasteiger partial charge in [-0.25, -0.2) is 0 Å². The molecule has 1 aliphatic carbocycles. The van der Waals surface area contributed by atoms with Crippen LogP contribution in [0.15, 0.2) is 12.4 Å². The van der Waals surface area contributed by atoms with Crippen LogP contribution in [-0.4, -0.2) is 33.7 Å². The van der Waals surface area contributed by atoms with Crippen molar-refractivity contribution in [1.29, 1.82) is 5.26 Å². The summed E-state index contributed by atoms with van der Waals surface area (Å²) in [5.41, 5.74) is 0.859. The summed E-state index contributed by atoms with van der Waals surface area (Å²) in [5, 5.41) is 13.6. The maximum Gasteiger partial charge on any atom is 0.225 e. The Balaban J connectivity index is 1.73. The highest BCUT2D eigenvalue weighted by Crippen LogP contribution is 2.37. The minimum absolute atomic E-state index is 0.230. The summed E-state index contributed by atoms with van der Waals surface area (Å²) < 4.78 is 1.91. The van der Waals surface area contributed by atoms with Crippen molar-refractivity contribution in [2.75, 3.05) is 13.1 Å². The van der Waals surface area contributed by atoms with E-state index in [0.717, 1.165) is 12.8 Å². The Morgan fingerprint density at radius 2 is 2.24 bits per heavy atom. The molecule has 0 radical (unpaired) electrons. The minimum Gasteiger partial charge on any atom is -0.337 e. The van der Waals surface area contributed by atoms with Gasteiger partial charge in [0.1, 0.15) is 5.54 Å². The largest absolute Gasteiger partial charge is 0.337 e. The lowest BCUT2D eigenvalue weighted by Gasteiger charge is -2.50. The molecule has 5 heteroatoms. The van der Waals surface area contributed by atoms with E-state index in [9.17, 15) is 4.79 Å². The third kappa shape index (κ3) is 2.33. The molecule has 0 aromatic carbocycles. The molecule has 1 aromatic heterocycles. The van der Waals surface area contributed by atoms with Gasteiger partial charge in [0.05, 0.1) is 18.7 Å². The van der Waals surface area contributed by atoms with Crippen LogP contribution in [0.4, 0.5) is 0 Å². The molecule has 0 spiro atoms. The van der Waals surface area contributed by atoms with E-state index in [1.807, 2.05) is 22.0 Å². The second-order valence-electron chi connectivity index (χ2n) is 6.75.